The molecule has 0 spiro atoms. The maximum absolute atomic E-state index is 13.2. The Morgan fingerprint density at radius 2 is 2.18 bits per heavy atom. The van der Waals surface area contributed by atoms with Crippen molar-refractivity contribution in [3.63, 3.8) is 0 Å². The summed E-state index contributed by atoms with van der Waals surface area (Å²) < 4.78 is 14.3. The largest absolute Gasteiger partial charge is 0.330 e. The summed E-state index contributed by atoms with van der Waals surface area (Å²) in [7, 11) is 0. The number of benzene rings is 1. The SMILES string of the molecule is NCC(Cc1cc(Br)cs1)c1cccc(F)c1. The molecule has 4 heteroatoms. The first-order valence-electron chi connectivity index (χ1n) is 5.37. The Kier molecular flexibility index (Phi) is 4.31. The third kappa shape index (κ3) is 3.37. The molecule has 0 aliphatic carbocycles. The minimum atomic E-state index is -0.201. The lowest BCUT2D eigenvalue weighted by Crippen LogP contribution is -2.14. The first-order valence-corrected chi connectivity index (χ1v) is 7.04. The summed E-state index contributed by atoms with van der Waals surface area (Å²) in [5.74, 6) is -0.0236. The van der Waals surface area contributed by atoms with Gasteiger partial charge in [-0.3, -0.25) is 0 Å². The van der Waals surface area contributed by atoms with E-state index in [9.17, 15) is 4.39 Å². The van der Waals surface area contributed by atoms with Crippen molar-refractivity contribution in [3.8, 4) is 0 Å². The van der Waals surface area contributed by atoms with Gasteiger partial charge in [-0.25, -0.2) is 4.39 Å². The molecule has 2 N–H and O–H groups in total. The molecular weight excluding hydrogens is 301 g/mol. The number of rotatable bonds is 4. The van der Waals surface area contributed by atoms with Crippen molar-refractivity contribution >= 4 is 27.3 Å². The Labute approximate surface area is 113 Å². The fourth-order valence-corrected chi connectivity index (χ4v) is 3.33. The maximum atomic E-state index is 13.2. The molecule has 0 fully saturated rings. The Balaban J connectivity index is 2.16. The molecule has 0 aliphatic rings. The summed E-state index contributed by atoms with van der Waals surface area (Å²) in [5, 5.41) is 2.05. The smallest absolute Gasteiger partial charge is 0.123 e. The van der Waals surface area contributed by atoms with E-state index in [4.69, 9.17) is 5.73 Å². The summed E-state index contributed by atoms with van der Waals surface area (Å²) in [5.41, 5.74) is 6.75. The van der Waals surface area contributed by atoms with Crippen LogP contribution in [0.2, 0.25) is 0 Å². The highest BCUT2D eigenvalue weighted by molar-refractivity contribution is 9.10. The van der Waals surface area contributed by atoms with Gasteiger partial charge in [0.1, 0.15) is 5.82 Å². The predicted octanol–water partition coefficient (Wildman–Crippen LogP) is 3.93. The number of thiophene rings is 1. The Morgan fingerprint density at radius 3 is 2.76 bits per heavy atom. The van der Waals surface area contributed by atoms with Crippen molar-refractivity contribution in [2.45, 2.75) is 12.3 Å². The Morgan fingerprint density at radius 1 is 1.35 bits per heavy atom. The normalized spacial score (nSPS) is 12.6. The van der Waals surface area contributed by atoms with Crippen LogP contribution in [0.4, 0.5) is 4.39 Å². The van der Waals surface area contributed by atoms with Crippen LogP contribution < -0.4 is 5.73 Å². The lowest BCUT2D eigenvalue weighted by Gasteiger charge is -2.14. The van der Waals surface area contributed by atoms with Crippen LogP contribution in [0.5, 0.6) is 0 Å². The third-order valence-corrected chi connectivity index (χ3v) is 4.39. The van der Waals surface area contributed by atoms with Gasteiger partial charge in [-0.15, -0.1) is 11.3 Å². The molecule has 0 radical (unpaired) electrons. The van der Waals surface area contributed by atoms with Crippen LogP contribution in [0.15, 0.2) is 40.2 Å². The molecule has 1 unspecified atom stereocenters. The van der Waals surface area contributed by atoms with Crippen molar-refractivity contribution in [2.75, 3.05) is 6.54 Å². The Hall–Kier alpha value is -0.710. The molecule has 1 heterocycles. The Bertz CT molecular complexity index is 498. The van der Waals surface area contributed by atoms with Crippen molar-refractivity contribution in [3.05, 3.63) is 56.4 Å². The molecule has 1 nitrogen and oxygen atoms in total. The molecule has 0 aliphatic heterocycles. The van der Waals surface area contributed by atoms with Gasteiger partial charge in [0.05, 0.1) is 0 Å². The van der Waals surface area contributed by atoms with E-state index in [0.717, 1.165) is 16.5 Å². The van der Waals surface area contributed by atoms with E-state index >= 15 is 0 Å². The first kappa shape index (κ1) is 12.7. The van der Waals surface area contributed by atoms with Crippen LogP contribution >= 0.6 is 27.3 Å². The van der Waals surface area contributed by atoms with E-state index in [1.165, 1.54) is 10.9 Å². The van der Waals surface area contributed by atoms with E-state index < -0.39 is 0 Å². The molecule has 1 aromatic carbocycles. The minimum Gasteiger partial charge on any atom is -0.330 e. The molecule has 0 saturated carbocycles. The van der Waals surface area contributed by atoms with Crippen molar-refractivity contribution in [1.82, 2.24) is 0 Å². The molecule has 0 bridgehead atoms. The fraction of sp³-hybridized carbons (Fsp3) is 0.231. The lowest BCUT2D eigenvalue weighted by molar-refractivity contribution is 0.617. The van der Waals surface area contributed by atoms with E-state index in [-0.39, 0.29) is 11.7 Å². The molecule has 2 rings (SSSR count). The van der Waals surface area contributed by atoms with Crippen molar-refractivity contribution in [1.29, 1.82) is 0 Å². The van der Waals surface area contributed by atoms with Gasteiger partial charge in [-0.1, -0.05) is 12.1 Å². The summed E-state index contributed by atoms with van der Waals surface area (Å²) in [6.07, 6.45) is 0.857. The van der Waals surface area contributed by atoms with Gasteiger partial charge in [-0.2, -0.15) is 0 Å². The molecule has 1 aromatic heterocycles. The summed E-state index contributed by atoms with van der Waals surface area (Å²) in [6, 6.07) is 8.78. The molecule has 0 saturated heterocycles. The highest BCUT2D eigenvalue weighted by atomic mass is 79.9. The highest BCUT2D eigenvalue weighted by Gasteiger charge is 2.12. The van der Waals surface area contributed by atoms with Crippen molar-refractivity contribution < 1.29 is 4.39 Å². The van der Waals surface area contributed by atoms with Crippen LogP contribution in [0.3, 0.4) is 0 Å². The number of halogens is 2. The van der Waals surface area contributed by atoms with Crippen LogP contribution in [-0.4, -0.2) is 6.54 Å². The third-order valence-electron chi connectivity index (χ3n) is 2.67. The molecule has 90 valence electrons. The molecule has 1 atom stereocenters. The van der Waals surface area contributed by atoms with Gasteiger partial charge in [0, 0.05) is 20.6 Å². The number of hydrogen-bond donors (Lipinski definition) is 1. The summed E-state index contributed by atoms with van der Waals surface area (Å²) in [6.45, 7) is 0.527. The average molecular weight is 314 g/mol. The van der Waals surface area contributed by atoms with Crippen LogP contribution in [-0.2, 0) is 6.42 Å². The molecule has 2 aromatic rings. The second-order valence-corrected chi connectivity index (χ2v) is 5.83. The van der Waals surface area contributed by atoms with Crippen LogP contribution in [0, 0.1) is 5.82 Å². The maximum Gasteiger partial charge on any atom is 0.123 e. The first-order chi connectivity index (χ1) is 8.19. The van der Waals surface area contributed by atoms with E-state index in [2.05, 4.69) is 27.4 Å². The van der Waals surface area contributed by atoms with Gasteiger partial charge in [0.2, 0.25) is 0 Å². The second-order valence-electron chi connectivity index (χ2n) is 3.92. The zero-order chi connectivity index (χ0) is 12.3. The second kappa shape index (κ2) is 5.76. The monoisotopic (exact) mass is 313 g/mol. The highest BCUT2D eigenvalue weighted by Crippen LogP contribution is 2.26. The predicted molar refractivity (Wildman–Crippen MR) is 73.9 cm³/mol. The van der Waals surface area contributed by atoms with Crippen LogP contribution in [0.1, 0.15) is 16.4 Å². The minimum absolute atomic E-state index is 0.177. The average Bonchev–Trinajstić information content (AvgIpc) is 2.72. The topological polar surface area (TPSA) is 26.0 Å². The zero-order valence-corrected chi connectivity index (χ0v) is 11.6. The van der Waals surface area contributed by atoms with E-state index in [0.29, 0.717) is 6.54 Å². The number of nitrogens with two attached hydrogens (primary N) is 1. The van der Waals surface area contributed by atoms with Crippen molar-refractivity contribution in [2.24, 2.45) is 5.73 Å². The summed E-state index contributed by atoms with van der Waals surface area (Å²) in [4.78, 5) is 1.26. The summed E-state index contributed by atoms with van der Waals surface area (Å²) >= 11 is 5.13. The van der Waals surface area contributed by atoms with Gasteiger partial charge in [0.25, 0.3) is 0 Å². The van der Waals surface area contributed by atoms with Gasteiger partial charge < -0.3 is 5.73 Å². The van der Waals surface area contributed by atoms with E-state index in [1.807, 2.05) is 6.07 Å². The zero-order valence-electron chi connectivity index (χ0n) is 9.20. The molecule has 0 amide bonds. The number of hydrogen-bond acceptors (Lipinski definition) is 2. The fourth-order valence-electron chi connectivity index (χ4n) is 1.80. The molecule has 17 heavy (non-hydrogen) atoms. The standard InChI is InChI=1S/C13H13BrFNS/c14-11-6-13(17-8-11)5-10(7-16)9-2-1-3-12(15)4-9/h1-4,6,8,10H,5,7,16H2. The van der Waals surface area contributed by atoms with E-state index in [1.54, 1.807) is 23.5 Å². The van der Waals surface area contributed by atoms with Gasteiger partial charge in [0.15, 0.2) is 0 Å². The molecular formula is C13H13BrFNS. The lowest BCUT2D eigenvalue weighted by atomic mass is 9.95. The van der Waals surface area contributed by atoms with Crippen LogP contribution in [0.25, 0.3) is 0 Å². The van der Waals surface area contributed by atoms with Gasteiger partial charge in [-0.05, 0) is 52.7 Å². The quantitative estimate of drug-likeness (QED) is 0.909. The van der Waals surface area contributed by atoms with Gasteiger partial charge >= 0.3 is 0 Å².